The van der Waals surface area contributed by atoms with Gasteiger partial charge >= 0.3 is 0 Å². The number of hydrogen-bond acceptors (Lipinski definition) is 1. The molecule has 0 saturated heterocycles. The summed E-state index contributed by atoms with van der Waals surface area (Å²) in [4.78, 5) is 0. The van der Waals surface area contributed by atoms with Crippen LogP contribution in [0.4, 0.5) is 4.39 Å². The third-order valence-electron chi connectivity index (χ3n) is 1.32. The fraction of sp³-hybridized carbons (Fsp3) is 1.00. The minimum absolute atomic E-state index is 0.317. The zero-order chi connectivity index (χ0) is 6.78. The molecule has 0 heterocycles. The molecule has 0 amide bonds. The third kappa shape index (κ3) is 2.26. The molecule has 1 nitrogen and oxygen atoms in total. The highest BCUT2D eigenvalue weighted by Gasteiger charge is 2.22. The molecule has 0 rings (SSSR count). The fourth-order valence-electron chi connectivity index (χ4n) is 0.485. The van der Waals surface area contributed by atoms with E-state index < -0.39 is 5.67 Å². The minimum atomic E-state index is -1.21. The quantitative estimate of drug-likeness (QED) is 0.585. The fourth-order valence-corrected chi connectivity index (χ4v) is 0.485. The van der Waals surface area contributed by atoms with Crippen molar-refractivity contribution in [3.63, 3.8) is 0 Å². The van der Waals surface area contributed by atoms with Crippen LogP contribution in [-0.4, -0.2) is 11.7 Å². The van der Waals surface area contributed by atoms with E-state index in [1.807, 2.05) is 6.92 Å². The molecule has 8 heavy (non-hydrogen) atoms. The standard InChI is InChI=1S/C6H14FN/c1-4-5(8)6(2,3)7/h5H,4,8H2,1-3H3. The lowest BCUT2D eigenvalue weighted by molar-refractivity contribution is 0.170. The van der Waals surface area contributed by atoms with Crippen molar-refractivity contribution in [1.29, 1.82) is 0 Å². The van der Waals surface area contributed by atoms with Gasteiger partial charge in [-0.25, -0.2) is 4.39 Å². The zero-order valence-corrected chi connectivity index (χ0v) is 5.74. The van der Waals surface area contributed by atoms with Gasteiger partial charge in [-0.15, -0.1) is 0 Å². The Kier molecular flexibility index (Phi) is 2.41. The Hall–Kier alpha value is -0.110. The third-order valence-corrected chi connectivity index (χ3v) is 1.32. The van der Waals surface area contributed by atoms with E-state index in [1.165, 1.54) is 13.8 Å². The number of rotatable bonds is 2. The average Bonchev–Trinajstić information content (AvgIpc) is 1.62. The van der Waals surface area contributed by atoms with Crippen molar-refractivity contribution in [2.75, 3.05) is 0 Å². The molecule has 0 aromatic carbocycles. The molecule has 1 atom stereocenters. The monoisotopic (exact) mass is 119 g/mol. The SMILES string of the molecule is CCC(N)C(C)(C)F. The summed E-state index contributed by atoms with van der Waals surface area (Å²) in [6.45, 7) is 4.88. The van der Waals surface area contributed by atoms with Crippen LogP contribution in [0.5, 0.6) is 0 Å². The molecule has 0 saturated carbocycles. The first-order valence-electron chi connectivity index (χ1n) is 2.93. The molecule has 0 aliphatic carbocycles. The van der Waals surface area contributed by atoms with Crippen LogP contribution in [0, 0.1) is 0 Å². The Morgan fingerprint density at radius 3 is 2.00 bits per heavy atom. The smallest absolute Gasteiger partial charge is 0.120 e. The van der Waals surface area contributed by atoms with Gasteiger partial charge in [0.15, 0.2) is 0 Å². The normalized spacial score (nSPS) is 16.1. The summed E-state index contributed by atoms with van der Waals surface area (Å²) in [5.74, 6) is 0. The maximum Gasteiger partial charge on any atom is 0.120 e. The number of alkyl halides is 1. The van der Waals surface area contributed by atoms with Gasteiger partial charge in [0.25, 0.3) is 0 Å². The van der Waals surface area contributed by atoms with E-state index >= 15 is 0 Å². The molecule has 0 spiro atoms. The van der Waals surface area contributed by atoms with Gasteiger partial charge in [-0.2, -0.15) is 0 Å². The maximum atomic E-state index is 12.7. The Morgan fingerprint density at radius 1 is 1.62 bits per heavy atom. The van der Waals surface area contributed by atoms with Crippen molar-refractivity contribution < 1.29 is 4.39 Å². The van der Waals surface area contributed by atoms with E-state index in [1.54, 1.807) is 0 Å². The van der Waals surface area contributed by atoms with Crippen molar-refractivity contribution in [2.24, 2.45) is 5.73 Å². The largest absolute Gasteiger partial charge is 0.325 e. The first-order valence-corrected chi connectivity index (χ1v) is 2.93. The number of halogens is 1. The minimum Gasteiger partial charge on any atom is -0.325 e. The van der Waals surface area contributed by atoms with Crippen LogP contribution in [0.2, 0.25) is 0 Å². The molecule has 0 radical (unpaired) electrons. The molecule has 0 aromatic rings. The lowest BCUT2D eigenvalue weighted by Crippen LogP contribution is -2.38. The van der Waals surface area contributed by atoms with E-state index in [0.29, 0.717) is 6.42 Å². The summed E-state index contributed by atoms with van der Waals surface area (Å²) in [6.07, 6.45) is 0.698. The highest BCUT2D eigenvalue weighted by Crippen LogP contribution is 2.13. The Bertz CT molecular complexity index is 65.4. The van der Waals surface area contributed by atoms with Crippen LogP contribution < -0.4 is 5.73 Å². The first-order chi connectivity index (χ1) is 3.48. The second-order valence-corrected chi connectivity index (χ2v) is 2.58. The predicted molar refractivity (Wildman–Crippen MR) is 33.5 cm³/mol. The van der Waals surface area contributed by atoms with Gasteiger partial charge in [0, 0.05) is 6.04 Å². The lowest BCUT2D eigenvalue weighted by Gasteiger charge is -2.20. The van der Waals surface area contributed by atoms with E-state index in [2.05, 4.69) is 0 Å². The van der Waals surface area contributed by atoms with Crippen molar-refractivity contribution in [1.82, 2.24) is 0 Å². The summed E-state index contributed by atoms with van der Waals surface area (Å²) >= 11 is 0. The first kappa shape index (κ1) is 7.89. The maximum absolute atomic E-state index is 12.7. The van der Waals surface area contributed by atoms with Gasteiger partial charge in [0.05, 0.1) is 0 Å². The topological polar surface area (TPSA) is 26.0 Å². The van der Waals surface area contributed by atoms with Crippen LogP contribution in [0.1, 0.15) is 27.2 Å². The van der Waals surface area contributed by atoms with Crippen molar-refractivity contribution in [3.05, 3.63) is 0 Å². The Balaban J connectivity index is 3.62. The van der Waals surface area contributed by atoms with Crippen LogP contribution in [0.15, 0.2) is 0 Å². The van der Waals surface area contributed by atoms with Gasteiger partial charge in [-0.05, 0) is 20.3 Å². The molecule has 0 aliphatic rings. The van der Waals surface area contributed by atoms with Gasteiger partial charge in [0.1, 0.15) is 5.67 Å². The molecule has 50 valence electrons. The summed E-state index contributed by atoms with van der Waals surface area (Å²) in [7, 11) is 0. The molecule has 1 unspecified atom stereocenters. The average molecular weight is 119 g/mol. The molecular formula is C6H14FN. The van der Waals surface area contributed by atoms with Crippen molar-refractivity contribution in [2.45, 2.75) is 38.9 Å². The van der Waals surface area contributed by atoms with Crippen molar-refractivity contribution >= 4 is 0 Å². The molecule has 2 heteroatoms. The van der Waals surface area contributed by atoms with Crippen LogP contribution in [0.3, 0.4) is 0 Å². The van der Waals surface area contributed by atoms with Crippen LogP contribution >= 0.6 is 0 Å². The van der Waals surface area contributed by atoms with E-state index in [4.69, 9.17) is 5.73 Å². The summed E-state index contributed by atoms with van der Waals surface area (Å²) in [6, 6.07) is -0.317. The van der Waals surface area contributed by atoms with E-state index in [0.717, 1.165) is 0 Å². The molecule has 0 aliphatic heterocycles. The predicted octanol–water partition coefficient (Wildman–Crippen LogP) is 1.47. The van der Waals surface area contributed by atoms with Gasteiger partial charge < -0.3 is 5.73 Å². The number of nitrogens with two attached hydrogens (primary N) is 1. The number of hydrogen-bond donors (Lipinski definition) is 1. The molecule has 0 aromatic heterocycles. The Labute approximate surface area is 50.1 Å². The summed E-state index contributed by atoms with van der Waals surface area (Å²) in [5.41, 5.74) is 4.16. The van der Waals surface area contributed by atoms with Crippen LogP contribution in [0.25, 0.3) is 0 Å². The second kappa shape index (κ2) is 2.44. The van der Waals surface area contributed by atoms with Gasteiger partial charge in [-0.1, -0.05) is 6.92 Å². The Morgan fingerprint density at radius 2 is 2.00 bits per heavy atom. The lowest BCUT2D eigenvalue weighted by atomic mass is 10.0. The highest BCUT2D eigenvalue weighted by molar-refractivity contribution is 4.78. The summed E-state index contributed by atoms with van der Waals surface area (Å²) < 4.78 is 12.7. The zero-order valence-electron chi connectivity index (χ0n) is 5.74. The van der Waals surface area contributed by atoms with Gasteiger partial charge in [-0.3, -0.25) is 0 Å². The molecular weight excluding hydrogens is 105 g/mol. The molecule has 0 fully saturated rings. The van der Waals surface area contributed by atoms with E-state index in [-0.39, 0.29) is 6.04 Å². The van der Waals surface area contributed by atoms with Crippen molar-refractivity contribution in [3.8, 4) is 0 Å². The van der Waals surface area contributed by atoms with Gasteiger partial charge in [0.2, 0.25) is 0 Å². The second-order valence-electron chi connectivity index (χ2n) is 2.58. The molecule has 0 bridgehead atoms. The highest BCUT2D eigenvalue weighted by atomic mass is 19.1. The summed E-state index contributed by atoms with van der Waals surface area (Å²) in [5, 5.41) is 0. The molecule has 2 N–H and O–H groups in total. The van der Waals surface area contributed by atoms with E-state index in [9.17, 15) is 4.39 Å². The van der Waals surface area contributed by atoms with Crippen LogP contribution in [-0.2, 0) is 0 Å².